The number of nitrogens with zero attached hydrogens (tertiary/aromatic N) is 3. The van der Waals surface area contributed by atoms with Crippen LogP contribution in [0.1, 0.15) is 41.2 Å². The zero-order chi connectivity index (χ0) is 18.7. The van der Waals surface area contributed by atoms with Crippen molar-refractivity contribution in [1.82, 2.24) is 20.3 Å². The van der Waals surface area contributed by atoms with Crippen LogP contribution in [0.5, 0.6) is 5.75 Å². The minimum Gasteiger partial charge on any atom is -0.497 e. The molecule has 1 amide bonds. The molecule has 136 valence electrons. The highest BCUT2D eigenvalue weighted by Crippen LogP contribution is 2.24. The number of aryl methyl sites for hydroxylation is 1. The summed E-state index contributed by atoms with van der Waals surface area (Å²) in [6.07, 6.45) is 2.46. The molecule has 0 aliphatic carbocycles. The third-order valence-electron chi connectivity index (χ3n) is 4.48. The summed E-state index contributed by atoms with van der Waals surface area (Å²) in [6, 6.07) is 9.15. The highest BCUT2D eigenvalue weighted by molar-refractivity contribution is 5.92. The first-order valence-electron chi connectivity index (χ1n) is 8.44. The summed E-state index contributed by atoms with van der Waals surface area (Å²) in [4.78, 5) is 12.6. The summed E-state index contributed by atoms with van der Waals surface area (Å²) < 4.78 is 12.2. The number of rotatable bonds is 6. The van der Waals surface area contributed by atoms with Gasteiger partial charge in [-0.1, -0.05) is 24.2 Å². The first-order chi connectivity index (χ1) is 12.5. The fourth-order valence-corrected chi connectivity index (χ4v) is 2.75. The molecular formula is C19H22N4O3. The highest BCUT2D eigenvalue weighted by Gasteiger charge is 2.20. The van der Waals surface area contributed by atoms with Crippen LogP contribution in [0.2, 0.25) is 0 Å². The largest absolute Gasteiger partial charge is 0.497 e. The Kier molecular flexibility index (Phi) is 5.06. The second-order valence-electron chi connectivity index (χ2n) is 6.05. The summed E-state index contributed by atoms with van der Waals surface area (Å²) in [5.74, 6) is 0.657. The third-order valence-corrected chi connectivity index (χ3v) is 4.48. The molecule has 1 N–H and O–H groups in total. The van der Waals surface area contributed by atoms with Crippen LogP contribution < -0.4 is 10.1 Å². The van der Waals surface area contributed by atoms with Crippen LogP contribution in [0.3, 0.4) is 0 Å². The van der Waals surface area contributed by atoms with E-state index in [4.69, 9.17) is 9.26 Å². The van der Waals surface area contributed by atoms with E-state index in [2.05, 4.69) is 15.6 Å². The van der Waals surface area contributed by atoms with Crippen LogP contribution in [-0.2, 0) is 7.05 Å². The van der Waals surface area contributed by atoms with Crippen molar-refractivity contribution < 1.29 is 14.1 Å². The number of aromatic nitrogens is 3. The van der Waals surface area contributed by atoms with Crippen molar-refractivity contribution in [1.29, 1.82) is 0 Å². The normalized spacial score (nSPS) is 12.0. The van der Waals surface area contributed by atoms with Crippen LogP contribution in [0.4, 0.5) is 0 Å². The molecule has 0 saturated heterocycles. The molecule has 26 heavy (non-hydrogen) atoms. The number of benzene rings is 1. The van der Waals surface area contributed by atoms with E-state index in [9.17, 15) is 4.79 Å². The number of nitrogens with one attached hydrogen (secondary N) is 1. The SMILES string of the molecule is CCC(NC(=O)c1cc(-c2cnn(C)c2C)no1)c1ccc(OC)cc1. The maximum Gasteiger partial charge on any atom is 0.290 e. The molecule has 2 heterocycles. The van der Waals surface area contributed by atoms with E-state index in [0.29, 0.717) is 5.69 Å². The predicted octanol–water partition coefficient (Wildman–Crippen LogP) is 3.27. The lowest BCUT2D eigenvalue weighted by Gasteiger charge is -2.16. The molecule has 3 rings (SSSR count). The predicted molar refractivity (Wildman–Crippen MR) is 96.9 cm³/mol. The third kappa shape index (κ3) is 3.46. The highest BCUT2D eigenvalue weighted by atomic mass is 16.5. The molecule has 0 bridgehead atoms. The first-order valence-corrected chi connectivity index (χ1v) is 8.44. The number of ether oxygens (including phenoxy) is 1. The Labute approximate surface area is 151 Å². The van der Waals surface area contributed by atoms with Crippen molar-refractivity contribution in [3.63, 3.8) is 0 Å². The van der Waals surface area contributed by atoms with Gasteiger partial charge in [0.25, 0.3) is 5.91 Å². The number of amides is 1. The molecule has 0 saturated carbocycles. The van der Waals surface area contributed by atoms with E-state index < -0.39 is 0 Å². The maximum absolute atomic E-state index is 12.6. The molecule has 0 aliphatic heterocycles. The first kappa shape index (κ1) is 17.7. The number of hydrogen-bond acceptors (Lipinski definition) is 5. The fraction of sp³-hybridized carbons (Fsp3) is 0.316. The summed E-state index contributed by atoms with van der Waals surface area (Å²) in [7, 11) is 3.48. The van der Waals surface area contributed by atoms with Gasteiger partial charge in [0.1, 0.15) is 11.4 Å². The van der Waals surface area contributed by atoms with E-state index in [-0.39, 0.29) is 17.7 Å². The quantitative estimate of drug-likeness (QED) is 0.735. The van der Waals surface area contributed by atoms with Gasteiger partial charge in [-0.05, 0) is 31.0 Å². The zero-order valence-electron chi connectivity index (χ0n) is 15.3. The van der Waals surface area contributed by atoms with Crippen molar-refractivity contribution in [2.24, 2.45) is 7.05 Å². The van der Waals surface area contributed by atoms with Gasteiger partial charge in [0.15, 0.2) is 0 Å². The van der Waals surface area contributed by atoms with Crippen molar-refractivity contribution in [3.05, 3.63) is 53.5 Å². The molecule has 7 nitrogen and oxygen atoms in total. The van der Waals surface area contributed by atoms with Gasteiger partial charge in [-0.15, -0.1) is 0 Å². The minimum atomic E-state index is -0.298. The average molecular weight is 354 g/mol. The Balaban J connectivity index is 1.75. The molecule has 7 heteroatoms. The van der Waals surface area contributed by atoms with Gasteiger partial charge in [-0.25, -0.2) is 0 Å². The van der Waals surface area contributed by atoms with Crippen molar-refractivity contribution >= 4 is 5.91 Å². The number of hydrogen-bond donors (Lipinski definition) is 1. The van der Waals surface area contributed by atoms with Crippen LogP contribution in [0.15, 0.2) is 41.1 Å². The molecule has 1 aromatic carbocycles. The molecular weight excluding hydrogens is 332 g/mol. The minimum absolute atomic E-state index is 0.123. The van der Waals surface area contributed by atoms with Crippen LogP contribution in [0, 0.1) is 6.92 Å². The van der Waals surface area contributed by atoms with E-state index in [1.807, 2.05) is 45.2 Å². The lowest BCUT2D eigenvalue weighted by molar-refractivity contribution is 0.0898. The number of methoxy groups -OCH3 is 1. The van der Waals surface area contributed by atoms with Crippen molar-refractivity contribution in [2.45, 2.75) is 26.3 Å². The molecule has 0 aliphatic rings. The number of carbonyl (C=O) groups excluding carboxylic acids is 1. The van der Waals surface area contributed by atoms with Gasteiger partial charge in [0.05, 0.1) is 19.3 Å². The Bertz CT molecular complexity index is 896. The summed E-state index contributed by atoms with van der Waals surface area (Å²) in [5, 5.41) is 11.2. The summed E-state index contributed by atoms with van der Waals surface area (Å²) in [6.45, 7) is 3.95. The lowest BCUT2D eigenvalue weighted by atomic mass is 10.0. The topological polar surface area (TPSA) is 82.2 Å². The van der Waals surface area contributed by atoms with Gasteiger partial charge >= 0.3 is 0 Å². The van der Waals surface area contributed by atoms with E-state index in [1.165, 1.54) is 0 Å². The van der Waals surface area contributed by atoms with Crippen LogP contribution in [0.25, 0.3) is 11.3 Å². The fourth-order valence-electron chi connectivity index (χ4n) is 2.75. The van der Waals surface area contributed by atoms with E-state index in [0.717, 1.165) is 29.0 Å². The summed E-state index contributed by atoms with van der Waals surface area (Å²) >= 11 is 0. The molecule has 0 radical (unpaired) electrons. The van der Waals surface area contributed by atoms with Gasteiger partial charge < -0.3 is 14.6 Å². The molecule has 3 aromatic rings. The van der Waals surface area contributed by atoms with Gasteiger partial charge in [0, 0.05) is 24.4 Å². The van der Waals surface area contributed by atoms with Crippen molar-refractivity contribution in [2.75, 3.05) is 7.11 Å². The van der Waals surface area contributed by atoms with Crippen LogP contribution >= 0.6 is 0 Å². The second-order valence-corrected chi connectivity index (χ2v) is 6.05. The average Bonchev–Trinajstić information content (AvgIpc) is 3.27. The molecule has 0 spiro atoms. The van der Waals surface area contributed by atoms with Gasteiger partial charge in [-0.2, -0.15) is 5.10 Å². The molecule has 1 atom stereocenters. The molecule has 1 unspecified atom stereocenters. The Morgan fingerprint density at radius 2 is 2.08 bits per heavy atom. The smallest absolute Gasteiger partial charge is 0.290 e. The lowest BCUT2D eigenvalue weighted by Crippen LogP contribution is -2.27. The molecule has 0 fully saturated rings. The molecule has 2 aromatic heterocycles. The second kappa shape index (κ2) is 7.43. The van der Waals surface area contributed by atoms with E-state index >= 15 is 0 Å². The monoisotopic (exact) mass is 354 g/mol. The number of carbonyl (C=O) groups is 1. The Morgan fingerprint density at radius 3 is 2.65 bits per heavy atom. The Hall–Kier alpha value is -3.09. The Morgan fingerprint density at radius 1 is 1.35 bits per heavy atom. The van der Waals surface area contributed by atoms with Gasteiger partial charge in [0.2, 0.25) is 5.76 Å². The zero-order valence-corrected chi connectivity index (χ0v) is 15.3. The van der Waals surface area contributed by atoms with Crippen LogP contribution in [-0.4, -0.2) is 28.0 Å². The van der Waals surface area contributed by atoms with Crippen molar-refractivity contribution in [3.8, 4) is 17.0 Å². The van der Waals surface area contributed by atoms with E-state index in [1.54, 1.807) is 24.1 Å². The maximum atomic E-state index is 12.6. The van der Waals surface area contributed by atoms with Gasteiger partial charge in [-0.3, -0.25) is 9.48 Å². The summed E-state index contributed by atoms with van der Waals surface area (Å²) in [5.41, 5.74) is 3.40. The standard InChI is InChI=1S/C19H22N4O3/c1-5-16(13-6-8-14(25-4)9-7-13)21-19(24)18-10-17(22-26-18)15-11-20-23(3)12(15)2/h6-11,16H,5H2,1-4H3,(H,21,24).